The molecule has 0 aliphatic heterocycles. The Morgan fingerprint density at radius 1 is 0.967 bits per heavy atom. The number of aromatic carboxylic acids is 1. The summed E-state index contributed by atoms with van der Waals surface area (Å²) in [5.41, 5.74) is 1.03. The zero-order valence-electron chi connectivity index (χ0n) is 15.0. The number of aromatic nitrogens is 2. The van der Waals surface area contributed by atoms with Gasteiger partial charge in [0.25, 0.3) is 0 Å². The van der Waals surface area contributed by atoms with Crippen molar-refractivity contribution in [2.75, 3.05) is 0 Å². The van der Waals surface area contributed by atoms with E-state index in [-0.39, 0.29) is 22.0 Å². The number of carboxylic acids is 1. The summed E-state index contributed by atoms with van der Waals surface area (Å²) in [4.78, 5) is 15.9. The number of carbonyl (C=O) groups is 1. The molecule has 0 fully saturated rings. The first-order valence-electron chi connectivity index (χ1n) is 8.50. The van der Waals surface area contributed by atoms with Gasteiger partial charge in [0, 0.05) is 22.8 Å². The summed E-state index contributed by atoms with van der Waals surface area (Å²) in [5.74, 6) is -0.144. The van der Waals surface area contributed by atoms with Gasteiger partial charge < -0.3 is 14.4 Å². The third-order valence-corrected chi connectivity index (χ3v) is 5.09. The zero-order valence-corrected chi connectivity index (χ0v) is 17.2. The SMILES string of the molecule is O=C(O)c1noc(-c2ccc(Oc3cccc(Cl)c3)nc2)c1-c1ccc(Cl)c(Cl)c1. The molecule has 0 bridgehead atoms. The molecule has 0 saturated carbocycles. The lowest BCUT2D eigenvalue weighted by molar-refractivity contribution is 0.0686. The highest BCUT2D eigenvalue weighted by Gasteiger charge is 2.24. The number of benzene rings is 2. The van der Waals surface area contributed by atoms with Crippen molar-refractivity contribution in [3.05, 3.63) is 81.6 Å². The molecular formula is C21H11Cl3N2O4. The van der Waals surface area contributed by atoms with Gasteiger partial charge in [-0.1, -0.05) is 52.1 Å². The van der Waals surface area contributed by atoms with Crippen LogP contribution in [0.4, 0.5) is 0 Å². The summed E-state index contributed by atoms with van der Waals surface area (Å²) >= 11 is 18.0. The van der Waals surface area contributed by atoms with Crippen LogP contribution in [0.1, 0.15) is 10.5 Å². The number of nitrogens with zero attached hydrogens (tertiary/aromatic N) is 2. The molecule has 6 nitrogen and oxygen atoms in total. The average Bonchev–Trinajstić information content (AvgIpc) is 3.16. The summed E-state index contributed by atoms with van der Waals surface area (Å²) in [7, 11) is 0. The van der Waals surface area contributed by atoms with Gasteiger partial charge in [-0.2, -0.15) is 0 Å². The zero-order chi connectivity index (χ0) is 21.3. The molecule has 0 spiro atoms. The number of ether oxygens (including phenoxy) is 1. The van der Waals surface area contributed by atoms with Crippen molar-refractivity contribution in [2.45, 2.75) is 0 Å². The van der Waals surface area contributed by atoms with E-state index in [0.717, 1.165) is 0 Å². The van der Waals surface area contributed by atoms with Crippen LogP contribution in [0.2, 0.25) is 15.1 Å². The fraction of sp³-hybridized carbons (Fsp3) is 0. The second kappa shape index (κ2) is 8.36. The van der Waals surface area contributed by atoms with E-state index in [0.29, 0.717) is 32.8 Å². The molecule has 0 atom stereocenters. The van der Waals surface area contributed by atoms with Crippen molar-refractivity contribution >= 4 is 40.8 Å². The van der Waals surface area contributed by atoms with Crippen molar-refractivity contribution in [1.82, 2.24) is 10.1 Å². The molecule has 30 heavy (non-hydrogen) atoms. The van der Waals surface area contributed by atoms with Crippen LogP contribution < -0.4 is 4.74 Å². The van der Waals surface area contributed by atoms with E-state index in [9.17, 15) is 9.90 Å². The van der Waals surface area contributed by atoms with Crippen LogP contribution in [0.25, 0.3) is 22.5 Å². The van der Waals surface area contributed by atoms with Crippen LogP contribution in [0.5, 0.6) is 11.6 Å². The predicted molar refractivity (Wildman–Crippen MR) is 114 cm³/mol. The third-order valence-electron chi connectivity index (χ3n) is 4.12. The maximum atomic E-state index is 11.6. The summed E-state index contributed by atoms with van der Waals surface area (Å²) in [6.45, 7) is 0. The number of rotatable bonds is 5. The Morgan fingerprint density at radius 2 is 1.77 bits per heavy atom. The minimum absolute atomic E-state index is 0.229. The minimum atomic E-state index is -1.24. The molecule has 0 unspecified atom stereocenters. The van der Waals surface area contributed by atoms with E-state index in [1.807, 2.05) is 0 Å². The molecule has 0 amide bonds. The second-order valence-corrected chi connectivity index (χ2v) is 7.36. The van der Waals surface area contributed by atoms with Gasteiger partial charge in [-0.15, -0.1) is 0 Å². The van der Waals surface area contributed by atoms with Crippen LogP contribution in [-0.4, -0.2) is 21.2 Å². The van der Waals surface area contributed by atoms with Crippen molar-refractivity contribution < 1.29 is 19.2 Å². The summed E-state index contributed by atoms with van der Waals surface area (Å²) < 4.78 is 11.0. The molecule has 4 aromatic rings. The minimum Gasteiger partial charge on any atom is -0.476 e. The highest BCUT2D eigenvalue weighted by Crippen LogP contribution is 2.38. The molecule has 0 aliphatic carbocycles. The van der Waals surface area contributed by atoms with Gasteiger partial charge in [-0.05, 0) is 42.0 Å². The van der Waals surface area contributed by atoms with Crippen molar-refractivity contribution in [3.8, 4) is 34.1 Å². The van der Waals surface area contributed by atoms with Gasteiger partial charge >= 0.3 is 5.97 Å². The van der Waals surface area contributed by atoms with Crippen LogP contribution in [-0.2, 0) is 0 Å². The number of hydrogen-bond donors (Lipinski definition) is 1. The molecule has 1 N–H and O–H groups in total. The van der Waals surface area contributed by atoms with Crippen LogP contribution in [0.3, 0.4) is 0 Å². The average molecular weight is 462 g/mol. The fourth-order valence-corrected chi connectivity index (χ4v) is 3.26. The Kier molecular flexibility index (Phi) is 5.63. The lowest BCUT2D eigenvalue weighted by Gasteiger charge is -2.07. The summed E-state index contributed by atoms with van der Waals surface area (Å²) in [5, 5.41) is 14.4. The van der Waals surface area contributed by atoms with Crippen molar-refractivity contribution in [3.63, 3.8) is 0 Å². The van der Waals surface area contributed by atoms with Crippen LogP contribution in [0, 0.1) is 0 Å². The van der Waals surface area contributed by atoms with E-state index >= 15 is 0 Å². The summed E-state index contributed by atoms with van der Waals surface area (Å²) in [6, 6.07) is 15.0. The van der Waals surface area contributed by atoms with E-state index < -0.39 is 5.97 Å². The quantitative estimate of drug-likeness (QED) is 0.349. The normalized spacial score (nSPS) is 10.8. The fourth-order valence-electron chi connectivity index (χ4n) is 2.78. The molecule has 2 aromatic carbocycles. The van der Waals surface area contributed by atoms with E-state index in [1.165, 1.54) is 6.20 Å². The van der Waals surface area contributed by atoms with E-state index in [1.54, 1.807) is 54.6 Å². The Balaban J connectivity index is 1.72. The molecule has 0 aliphatic rings. The van der Waals surface area contributed by atoms with E-state index in [2.05, 4.69) is 10.1 Å². The lowest BCUT2D eigenvalue weighted by atomic mass is 10.0. The molecule has 9 heteroatoms. The van der Waals surface area contributed by atoms with Gasteiger partial charge in [-0.25, -0.2) is 9.78 Å². The van der Waals surface area contributed by atoms with Gasteiger partial charge in [0.15, 0.2) is 11.5 Å². The smallest absolute Gasteiger partial charge is 0.358 e. The number of halogens is 3. The lowest BCUT2D eigenvalue weighted by Crippen LogP contribution is -1.99. The van der Waals surface area contributed by atoms with Gasteiger partial charge in [0.1, 0.15) is 5.75 Å². The number of hydrogen-bond acceptors (Lipinski definition) is 5. The van der Waals surface area contributed by atoms with Crippen molar-refractivity contribution in [1.29, 1.82) is 0 Å². The Labute approximate surface area is 185 Å². The highest BCUT2D eigenvalue weighted by atomic mass is 35.5. The van der Waals surface area contributed by atoms with Gasteiger partial charge in [0.05, 0.1) is 15.6 Å². The molecule has 0 saturated heterocycles. The third kappa shape index (κ3) is 4.11. The second-order valence-electron chi connectivity index (χ2n) is 6.11. The number of pyridine rings is 1. The topological polar surface area (TPSA) is 85.5 Å². The Morgan fingerprint density at radius 3 is 2.43 bits per heavy atom. The molecule has 2 aromatic heterocycles. The Bertz CT molecular complexity index is 1240. The standard InChI is InChI=1S/C21H11Cl3N2O4/c22-13-2-1-3-14(9-13)29-17-7-5-12(10-25-17)20-18(19(21(27)28)26-30-20)11-4-6-15(23)16(24)8-11/h1-10H,(H,27,28). The maximum absolute atomic E-state index is 11.6. The van der Waals surface area contributed by atoms with Crippen LogP contribution >= 0.6 is 34.8 Å². The number of carboxylic acid groups (broad SMARTS) is 1. The van der Waals surface area contributed by atoms with E-state index in [4.69, 9.17) is 44.1 Å². The van der Waals surface area contributed by atoms with Crippen LogP contribution in [0.15, 0.2) is 65.3 Å². The van der Waals surface area contributed by atoms with Gasteiger partial charge in [-0.3, -0.25) is 0 Å². The van der Waals surface area contributed by atoms with Gasteiger partial charge in [0.2, 0.25) is 5.88 Å². The summed E-state index contributed by atoms with van der Waals surface area (Å²) in [6.07, 6.45) is 1.49. The molecule has 2 heterocycles. The van der Waals surface area contributed by atoms with Crippen molar-refractivity contribution in [2.24, 2.45) is 0 Å². The monoisotopic (exact) mass is 460 g/mol. The molecule has 0 radical (unpaired) electrons. The Hall–Kier alpha value is -3.06. The molecule has 150 valence electrons. The largest absolute Gasteiger partial charge is 0.476 e. The molecule has 4 rings (SSSR count). The first kappa shape index (κ1) is 20.2. The molecular weight excluding hydrogens is 451 g/mol. The first-order valence-corrected chi connectivity index (χ1v) is 9.64. The predicted octanol–water partition coefficient (Wildman–Crippen LogP) is 6.85. The highest BCUT2D eigenvalue weighted by molar-refractivity contribution is 6.42. The first-order chi connectivity index (χ1) is 14.4. The maximum Gasteiger partial charge on any atom is 0.358 e.